The van der Waals surface area contributed by atoms with Crippen LogP contribution in [0.2, 0.25) is 4.43 Å². The van der Waals surface area contributed by atoms with Gasteiger partial charge in [-0.1, -0.05) is 0 Å². The molecule has 4 unspecified atom stereocenters. The number of aromatic nitrogens is 4. The van der Waals surface area contributed by atoms with E-state index in [0.717, 1.165) is 0 Å². The molecule has 2 aromatic heterocycles. The molecular formula is C11H14HgN4O5. The monoisotopic (exact) mass is 484 g/mol. The number of fused-ring (bicyclic) bond motifs is 1. The van der Waals surface area contributed by atoms with Gasteiger partial charge in [0, 0.05) is 0 Å². The molecule has 0 spiro atoms. The molecule has 1 aliphatic rings. The fourth-order valence-corrected chi connectivity index (χ4v) is 5.12. The van der Waals surface area contributed by atoms with Crippen molar-refractivity contribution in [2.75, 3.05) is 6.61 Å². The summed E-state index contributed by atoms with van der Waals surface area (Å²) in [5.74, 6) is 0. The van der Waals surface area contributed by atoms with E-state index in [0.29, 0.717) is 5.65 Å². The van der Waals surface area contributed by atoms with E-state index in [4.69, 9.17) is 9.84 Å². The molecule has 21 heavy (non-hydrogen) atoms. The second-order valence-electron chi connectivity index (χ2n) is 4.89. The van der Waals surface area contributed by atoms with Crippen molar-refractivity contribution in [2.24, 2.45) is 0 Å². The molecule has 3 rings (SSSR count). The molecule has 0 saturated carbocycles. The maximum absolute atomic E-state index is 12.2. The number of ether oxygens (including phenoxy) is 1. The van der Waals surface area contributed by atoms with Crippen molar-refractivity contribution in [2.45, 2.75) is 29.0 Å². The van der Waals surface area contributed by atoms with Crippen LogP contribution in [0.25, 0.3) is 11.2 Å². The summed E-state index contributed by atoms with van der Waals surface area (Å²) < 4.78 is 10.5. The Morgan fingerprint density at radius 3 is 2.71 bits per heavy atom. The number of aliphatic hydroxyl groups is 3. The van der Waals surface area contributed by atoms with Crippen molar-refractivity contribution < 1.29 is 44.9 Å². The van der Waals surface area contributed by atoms with Gasteiger partial charge in [-0.3, -0.25) is 0 Å². The van der Waals surface area contributed by atoms with E-state index in [2.05, 4.69) is 9.97 Å². The van der Waals surface area contributed by atoms with Crippen molar-refractivity contribution >= 4 is 11.2 Å². The van der Waals surface area contributed by atoms with Crippen LogP contribution in [0.3, 0.4) is 0 Å². The van der Waals surface area contributed by atoms with E-state index in [-0.39, 0.29) is 11.1 Å². The summed E-state index contributed by atoms with van der Waals surface area (Å²) in [6, 6.07) is 0. The first-order valence-electron chi connectivity index (χ1n) is 6.63. The Labute approximate surface area is 131 Å². The average molecular weight is 483 g/mol. The molecule has 2 aromatic rings. The van der Waals surface area contributed by atoms with Crippen LogP contribution < -0.4 is 5.56 Å². The van der Waals surface area contributed by atoms with E-state index in [1.165, 1.54) is 17.2 Å². The SMILES string of the molecule is [CH3][Hg][n]1cnc2c(ncn2C2OC(CO)C(O)C2O)c1=O. The predicted octanol–water partition coefficient (Wildman–Crippen LogP) is -1.90. The van der Waals surface area contributed by atoms with Crippen LogP contribution in [0.5, 0.6) is 0 Å². The molecule has 0 radical (unpaired) electrons. The van der Waals surface area contributed by atoms with Gasteiger partial charge in [0.15, 0.2) is 0 Å². The van der Waals surface area contributed by atoms with E-state index in [1.54, 1.807) is 2.33 Å². The normalized spacial score (nSPS) is 29.0. The van der Waals surface area contributed by atoms with Gasteiger partial charge >= 0.3 is 132 Å². The Bertz CT molecular complexity index is 716. The summed E-state index contributed by atoms with van der Waals surface area (Å²) in [5.41, 5.74) is 0.333. The number of hydrogen-bond donors (Lipinski definition) is 3. The topological polar surface area (TPSA) is 123 Å². The van der Waals surface area contributed by atoms with Gasteiger partial charge in [-0.2, -0.15) is 0 Å². The number of aliphatic hydroxyl groups excluding tert-OH is 3. The fourth-order valence-electron chi connectivity index (χ4n) is 2.47. The first-order chi connectivity index (χ1) is 10.1. The number of rotatable bonds is 3. The summed E-state index contributed by atoms with van der Waals surface area (Å²) in [4.78, 5) is 20.4. The molecule has 1 saturated heterocycles. The molecule has 9 nitrogen and oxygen atoms in total. The molecule has 4 atom stereocenters. The van der Waals surface area contributed by atoms with Crippen LogP contribution in [-0.4, -0.2) is 57.1 Å². The quantitative estimate of drug-likeness (QED) is 0.437. The summed E-state index contributed by atoms with van der Waals surface area (Å²) in [5, 5.41) is 28.9. The predicted molar refractivity (Wildman–Crippen MR) is 66.1 cm³/mol. The Hall–Kier alpha value is -0.875. The number of nitrogens with zero attached hydrogens (tertiary/aromatic N) is 4. The number of hydrogen-bond acceptors (Lipinski definition) is 7. The molecule has 0 aromatic carbocycles. The van der Waals surface area contributed by atoms with E-state index < -0.39 is 56.0 Å². The second-order valence-corrected chi connectivity index (χ2v) is 10.00. The average Bonchev–Trinajstić information content (AvgIpc) is 3.03. The van der Waals surface area contributed by atoms with Gasteiger partial charge in [-0.25, -0.2) is 0 Å². The summed E-state index contributed by atoms with van der Waals surface area (Å²) in [6.07, 6.45) is -1.39. The standard InChI is InChI=1S/C10H12N4O5.CH3.Hg/c15-1-4-6(16)7(17)10(19-4)14-3-13-5-8(14)11-2-12-9(5)18;;/h2-4,6-7,10,15-17H,1H2,(H,11,12,18);1H3;/q;;+1/p-1. The van der Waals surface area contributed by atoms with E-state index in [9.17, 15) is 15.0 Å². The maximum atomic E-state index is 12.2. The van der Waals surface area contributed by atoms with Crippen LogP contribution in [-0.2, 0) is 29.6 Å². The molecule has 1 aliphatic heterocycles. The van der Waals surface area contributed by atoms with Crippen molar-refractivity contribution in [3.63, 3.8) is 0 Å². The zero-order valence-corrected chi connectivity index (χ0v) is 16.8. The molecular weight excluding hydrogens is 469 g/mol. The van der Waals surface area contributed by atoms with Crippen molar-refractivity contribution in [3.05, 3.63) is 23.0 Å². The third kappa shape index (κ3) is 2.32. The van der Waals surface area contributed by atoms with Crippen LogP contribution in [0.1, 0.15) is 6.23 Å². The third-order valence-electron chi connectivity index (χ3n) is 3.68. The molecule has 0 aliphatic carbocycles. The van der Waals surface area contributed by atoms with Crippen LogP contribution >= 0.6 is 0 Å². The van der Waals surface area contributed by atoms with Crippen molar-refractivity contribution in [1.29, 1.82) is 0 Å². The molecule has 0 bridgehead atoms. The minimum atomic E-state index is -1.45. The van der Waals surface area contributed by atoms with Gasteiger partial charge in [0.1, 0.15) is 0 Å². The third-order valence-corrected chi connectivity index (χ3v) is 8.08. The number of imidazole rings is 1. The summed E-state index contributed by atoms with van der Waals surface area (Å²) in [6.45, 7) is -0.410. The van der Waals surface area contributed by atoms with Crippen LogP contribution in [0.15, 0.2) is 17.4 Å². The van der Waals surface area contributed by atoms with Crippen molar-refractivity contribution in [1.82, 2.24) is 16.9 Å². The fraction of sp³-hybridized carbons (Fsp3) is 0.545. The zero-order valence-electron chi connectivity index (χ0n) is 11.3. The first-order valence-corrected chi connectivity index (χ1v) is 14.6. The van der Waals surface area contributed by atoms with Gasteiger partial charge in [-0.05, 0) is 0 Å². The van der Waals surface area contributed by atoms with Crippen LogP contribution in [0, 0.1) is 0 Å². The van der Waals surface area contributed by atoms with Gasteiger partial charge in [-0.15, -0.1) is 0 Å². The first kappa shape index (κ1) is 15.0. The van der Waals surface area contributed by atoms with Gasteiger partial charge < -0.3 is 0 Å². The van der Waals surface area contributed by atoms with E-state index in [1.807, 2.05) is 4.43 Å². The molecule has 10 heteroatoms. The molecule has 3 N–H and O–H groups in total. The van der Waals surface area contributed by atoms with E-state index >= 15 is 0 Å². The minimum absolute atomic E-state index is 0.185. The van der Waals surface area contributed by atoms with Gasteiger partial charge in [0.05, 0.1) is 0 Å². The second kappa shape index (κ2) is 5.73. The molecule has 3 heterocycles. The molecule has 110 valence electrons. The van der Waals surface area contributed by atoms with Gasteiger partial charge in [0.25, 0.3) is 0 Å². The molecule has 0 amide bonds. The van der Waals surface area contributed by atoms with Gasteiger partial charge in [0.2, 0.25) is 0 Å². The Morgan fingerprint density at radius 2 is 2.10 bits per heavy atom. The Kier molecular flexibility index (Phi) is 4.10. The summed E-state index contributed by atoms with van der Waals surface area (Å²) in [7, 11) is 0. The Morgan fingerprint density at radius 1 is 1.33 bits per heavy atom. The van der Waals surface area contributed by atoms with Crippen LogP contribution in [0.4, 0.5) is 0 Å². The Balaban J connectivity index is 2.06. The zero-order chi connectivity index (χ0) is 15.1. The summed E-state index contributed by atoms with van der Waals surface area (Å²) >= 11 is -1.45. The molecule has 1 fully saturated rings. The van der Waals surface area contributed by atoms with Crippen molar-refractivity contribution in [3.8, 4) is 0 Å².